The van der Waals surface area contributed by atoms with Crippen LogP contribution in [0.2, 0.25) is 5.02 Å². The first-order chi connectivity index (χ1) is 15.0. The number of aryl methyl sites for hydroxylation is 1. The number of halogens is 1. The molecule has 0 spiro atoms. The van der Waals surface area contributed by atoms with Crippen molar-refractivity contribution in [2.75, 3.05) is 19.1 Å². The molecule has 0 aromatic heterocycles. The van der Waals surface area contributed by atoms with Gasteiger partial charge in [-0.05, 0) is 72.2 Å². The molecule has 1 aliphatic rings. The Morgan fingerprint density at radius 3 is 2.32 bits per heavy atom. The molecule has 0 saturated heterocycles. The molecule has 3 aromatic rings. The highest BCUT2D eigenvalue weighted by molar-refractivity contribution is 6.30. The van der Waals surface area contributed by atoms with Crippen molar-refractivity contribution in [3.8, 4) is 11.5 Å². The molecule has 4 rings (SSSR count). The predicted molar refractivity (Wildman–Crippen MR) is 126 cm³/mol. The van der Waals surface area contributed by atoms with E-state index < -0.39 is 0 Å². The van der Waals surface area contributed by atoms with E-state index in [0.717, 1.165) is 28.1 Å². The van der Waals surface area contributed by atoms with Crippen molar-refractivity contribution in [1.29, 1.82) is 0 Å². The van der Waals surface area contributed by atoms with Crippen molar-refractivity contribution in [2.45, 2.75) is 6.92 Å². The third-order valence-electron chi connectivity index (χ3n) is 5.11. The minimum atomic E-state index is -0.0923. The number of carbonyl (C=O) groups is 1. The number of anilines is 1. The summed E-state index contributed by atoms with van der Waals surface area (Å²) in [5, 5.41) is 0.650. The van der Waals surface area contributed by atoms with Gasteiger partial charge < -0.3 is 9.47 Å². The zero-order valence-corrected chi connectivity index (χ0v) is 18.3. The Labute approximate surface area is 187 Å². The number of methoxy groups -OCH3 is 2. The van der Waals surface area contributed by atoms with Gasteiger partial charge in [-0.1, -0.05) is 41.9 Å². The van der Waals surface area contributed by atoms with Crippen LogP contribution in [0.25, 0.3) is 11.8 Å². The van der Waals surface area contributed by atoms with Gasteiger partial charge in [0.2, 0.25) is 0 Å². The average molecular weight is 432 g/mol. The molecule has 0 saturated carbocycles. The van der Waals surface area contributed by atoms with E-state index in [1.165, 1.54) is 0 Å². The Kier molecular flexibility index (Phi) is 5.83. The molecule has 5 heteroatoms. The average Bonchev–Trinajstić information content (AvgIpc) is 3.10. The standard InChI is InChI=1S/C26H22ClNO3/c1-17-5-4-6-22(13-17)28-23(19-8-10-21(27)11-9-19)16-20(26(28)29)14-18-7-12-24(30-2)25(15-18)31-3/h4-16H,1-3H3/b20-14+. The SMILES string of the molecule is COc1ccc(/C=C2\C=C(c3ccc(Cl)cc3)N(c3cccc(C)c3)C2=O)cc1OC. The van der Waals surface area contributed by atoms with Gasteiger partial charge in [-0.15, -0.1) is 0 Å². The molecule has 0 unspecified atom stereocenters. The summed E-state index contributed by atoms with van der Waals surface area (Å²) >= 11 is 6.08. The summed E-state index contributed by atoms with van der Waals surface area (Å²) in [6.45, 7) is 2.01. The maximum absolute atomic E-state index is 13.5. The van der Waals surface area contributed by atoms with Crippen molar-refractivity contribution in [3.05, 3.63) is 100 Å². The van der Waals surface area contributed by atoms with Gasteiger partial charge in [-0.25, -0.2) is 0 Å². The Morgan fingerprint density at radius 1 is 0.903 bits per heavy atom. The van der Waals surface area contributed by atoms with Gasteiger partial charge in [0.1, 0.15) is 0 Å². The highest BCUT2D eigenvalue weighted by atomic mass is 35.5. The van der Waals surface area contributed by atoms with Crippen LogP contribution < -0.4 is 14.4 Å². The van der Waals surface area contributed by atoms with Crippen LogP contribution in [0.15, 0.2) is 78.4 Å². The van der Waals surface area contributed by atoms with Crippen molar-refractivity contribution >= 4 is 35.0 Å². The first-order valence-corrected chi connectivity index (χ1v) is 10.2. The number of ether oxygens (including phenoxy) is 2. The van der Waals surface area contributed by atoms with Crippen LogP contribution >= 0.6 is 11.6 Å². The maximum Gasteiger partial charge on any atom is 0.262 e. The molecule has 0 atom stereocenters. The second-order valence-corrected chi connectivity index (χ2v) is 7.67. The number of nitrogens with zero attached hydrogens (tertiary/aromatic N) is 1. The zero-order chi connectivity index (χ0) is 22.0. The summed E-state index contributed by atoms with van der Waals surface area (Å²) in [4.78, 5) is 15.2. The van der Waals surface area contributed by atoms with Gasteiger partial charge in [0.15, 0.2) is 11.5 Å². The number of carbonyl (C=O) groups excluding carboxylic acids is 1. The molecule has 1 heterocycles. The highest BCUT2D eigenvalue weighted by Gasteiger charge is 2.30. The van der Waals surface area contributed by atoms with Gasteiger partial charge in [-0.3, -0.25) is 9.69 Å². The second kappa shape index (κ2) is 8.70. The fourth-order valence-electron chi connectivity index (χ4n) is 3.59. The lowest BCUT2D eigenvalue weighted by Gasteiger charge is -2.21. The Hall–Kier alpha value is -3.50. The molecule has 0 radical (unpaired) electrons. The third-order valence-corrected chi connectivity index (χ3v) is 5.36. The first kappa shape index (κ1) is 20.8. The van der Waals surface area contributed by atoms with E-state index in [0.29, 0.717) is 22.1 Å². The molecule has 3 aromatic carbocycles. The minimum absolute atomic E-state index is 0.0923. The molecule has 31 heavy (non-hydrogen) atoms. The van der Waals surface area contributed by atoms with Crippen molar-refractivity contribution in [1.82, 2.24) is 0 Å². The van der Waals surface area contributed by atoms with Crippen LogP contribution in [0.3, 0.4) is 0 Å². The lowest BCUT2D eigenvalue weighted by molar-refractivity contribution is -0.113. The summed E-state index contributed by atoms with van der Waals surface area (Å²) in [5.41, 5.74) is 5.05. The van der Waals surface area contributed by atoms with Crippen LogP contribution in [-0.2, 0) is 4.79 Å². The molecular formula is C26H22ClNO3. The summed E-state index contributed by atoms with van der Waals surface area (Å²) in [5.74, 6) is 1.16. The Morgan fingerprint density at radius 2 is 1.65 bits per heavy atom. The van der Waals surface area contributed by atoms with Gasteiger partial charge in [0.05, 0.1) is 19.9 Å². The lowest BCUT2D eigenvalue weighted by Crippen LogP contribution is -2.25. The van der Waals surface area contributed by atoms with Crippen molar-refractivity contribution in [2.24, 2.45) is 0 Å². The summed E-state index contributed by atoms with van der Waals surface area (Å²) in [7, 11) is 3.19. The van der Waals surface area contributed by atoms with Gasteiger partial charge in [-0.2, -0.15) is 0 Å². The first-order valence-electron chi connectivity index (χ1n) is 9.82. The molecule has 0 fully saturated rings. The van der Waals surface area contributed by atoms with Gasteiger partial charge in [0.25, 0.3) is 5.91 Å². The van der Waals surface area contributed by atoms with E-state index in [2.05, 4.69) is 0 Å². The van der Waals surface area contributed by atoms with Crippen LogP contribution in [0.4, 0.5) is 5.69 Å². The molecule has 0 bridgehead atoms. The summed E-state index contributed by atoms with van der Waals surface area (Å²) in [6.07, 6.45) is 3.76. The minimum Gasteiger partial charge on any atom is -0.493 e. The van der Waals surface area contributed by atoms with Crippen LogP contribution in [0.1, 0.15) is 16.7 Å². The fraction of sp³-hybridized carbons (Fsp3) is 0.115. The van der Waals surface area contributed by atoms with Crippen LogP contribution in [0.5, 0.6) is 11.5 Å². The number of rotatable bonds is 5. The summed E-state index contributed by atoms with van der Waals surface area (Å²) in [6, 6.07) is 21.0. The van der Waals surface area contributed by atoms with E-state index >= 15 is 0 Å². The normalized spacial score (nSPS) is 14.7. The topological polar surface area (TPSA) is 38.8 Å². The van der Waals surface area contributed by atoms with E-state index in [1.807, 2.05) is 85.8 Å². The Balaban J connectivity index is 1.81. The lowest BCUT2D eigenvalue weighted by atomic mass is 10.1. The number of hydrogen-bond acceptors (Lipinski definition) is 3. The van der Waals surface area contributed by atoms with E-state index in [-0.39, 0.29) is 5.91 Å². The molecule has 1 amide bonds. The zero-order valence-electron chi connectivity index (χ0n) is 17.6. The second-order valence-electron chi connectivity index (χ2n) is 7.23. The maximum atomic E-state index is 13.5. The molecular weight excluding hydrogens is 410 g/mol. The van der Waals surface area contributed by atoms with Crippen LogP contribution in [0, 0.1) is 6.92 Å². The molecule has 0 aliphatic carbocycles. The van der Waals surface area contributed by atoms with E-state index in [9.17, 15) is 4.79 Å². The number of hydrogen-bond donors (Lipinski definition) is 0. The number of amides is 1. The third kappa shape index (κ3) is 4.21. The van der Waals surface area contributed by atoms with E-state index in [4.69, 9.17) is 21.1 Å². The fourth-order valence-corrected chi connectivity index (χ4v) is 3.72. The molecule has 156 valence electrons. The molecule has 0 N–H and O–H groups in total. The van der Waals surface area contributed by atoms with Crippen molar-refractivity contribution < 1.29 is 14.3 Å². The van der Waals surface area contributed by atoms with E-state index in [1.54, 1.807) is 19.1 Å². The number of benzene rings is 3. The highest BCUT2D eigenvalue weighted by Crippen LogP contribution is 2.36. The Bertz CT molecular complexity index is 1200. The predicted octanol–water partition coefficient (Wildman–Crippen LogP) is 6.14. The molecule has 4 nitrogen and oxygen atoms in total. The molecule has 1 aliphatic heterocycles. The van der Waals surface area contributed by atoms with Gasteiger partial charge >= 0.3 is 0 Å². The largest absolute Gasteiger partial charge is 0.493 e. The van der Waals surface area contributed by atoms with Crippen molar-refractivity contribution in [3.63, 3.8) is 0 Å². The van der Waals surface area contributed by atoms with Gasteiger partial charge in [0, 0.05) is 16.3 Å². The van der Waals surface area contributed by atoms with Crippen LogP contribution in [-0.4, -0.2) is 20.1 Å². The quantitative estimate of drug-likeness (QED) is 0.455. The smallest absolute Gasteiger partial charge is 0.262 e. The summed E-state index contributed by atoms with van der Waals surface area (Å²) < 4.78 is 10.7. The monoisotopic (exact) mass is 431 g/mol.